The standard InChI is InChI=1S/C18H18N4OS/c1-11(24-18-20-16(21-22-18)13-6-7-13)17(23)19-15-9-8-12-4-2-3-5-14(12)10-15/h2-5,8-11,13H,6-7H2,1H3,(H,19,23)(H,20,21,22). The first kappa shape index (κ1) is 15.2. The third-order valence-corrected chi connectivity index (χ3v) is 5.08. The van der Waals surface area contributed by atoms with Crippen molar-refractivity contribution in [1.82, 2.24) is 15.2 Å². The Morgan fingerprint density at radius 1 is 1.25 bits per heavy atom. The maximum Gasteiger partial charge on any atom is 0.237 e. The van der Waals surface area contributed by atoms with Gasteiger partial charge in [0.1, 0.15) is 5.82 Å². The molecule has 0 bridgehead atoms. The van der Waals surface area contributed by atoms with Crippen molar-refractivity contribution in [3.8, 4) is 0 Å². The lowest BCUT2D eigenvalue weighted by Crippen LogP contribution is -2.22. The number of carbonyl (C=O) groups is 1. The van der Waals surface area contributed by atoms with Crippen LogP contribution < -0.4 is 5.32 Å². The molecule has 2 aromatic carbocycles. The highest BCUT2D eigenvalue weighted by Gasteiger charge is 2.27. The van der Waals surface area contributed by atoms with Crippen LogP contribution in [0.5, 0.6) is 0 Å². The van der Waals surface area contributed by atoms with Gasteiger partial charge in [0.2, 0.25) is 11.1 Å². The van der Waals surface area contributed by atoms with E-state index in [1.807, 2.05) is 43.3 Å². The number of nitrogens with one attached hydrogen (secondary N) is 2. The van der Waals surface area contributed by atoms with E-state index in [-0.39, 0.29) is 11.2 Å². The Balaban J connectivity index is 1.41. The number of nitrogens with zero attached hydrogens (tertiary/aromatic N) is 2. The van der Waals surface area contributed by atoms with Crippen molar-refractivity contribution >= 4 is 34.1 Å². The number of hydrogen-bond donors (Lipinski definition) is 2. The first-order valence-corrected chi connectivity index (χ1v) is 8.95. The molecule has 1 fully saturated rings. The fraction of sp³-hybridized carbons (Fsp3) is 0.278. The molecule has 1 aliphatic rings. The van der Waals surface area contributed by atoms with E-state index in [1.165, 1.54) is 24.6 Å². The average molecular weight is 338 g/mol. The van der Waals surface area contributed by atoms with Crippen molar-refractivity contribution in [3.05, 3.63) is 48.3 Å². The number of hydrogen-bond acceptors (Lipinski definition) is 4. The molecule has 0 radical (unpaired) electrons. The van der Waals surface area contributed by atoms with Gasteiger partial charge in [-0.15, -0.1) is 5.10 Å². The number of aromatic amines is 1. The highest BCUT2D eigenvalue weighted by Crippen LogP contribution is 2.38. The number of anilines is 1. The summed E-state index contributed by atoms with van der Waals surface area (Å²) in [6.07, 6.45) is 2.36. The molecule has 0 aliphatic heterocycles. The molecule has 24 heavy (non-hydrogen) atoms. The molecule has 122 valence electrons. The molecule has 0 spiro atoms. The van der Waals surface area contributed by atoms with Gasteiger partial charge >= 0.3 is 0 Å². The molecule has 1 heterocycles. The number of carbonyl (C=O) groups excluding carboxylic acids is 1. The summed E-state index contributed by atoms with van der Waals surface area (Å²) >= 11 is 1.38. The molecule has 2 N–H and O–H groups in total. The lowest BCUT2D eigenvalue weighted by atomic mass is 10.1. The van der Waals surface area contributed by atoms with Crippen LogP contribution in [0.4, 0.5) is 5.69 Å². The number of H-pyrrole nitrogens is 1. The van der Waals surface area contributed by atoms with E-state index < -0.39 is 0 Å². The first-order chi connectivity index (χ1) is 11.7. The Morgan fingerprint density at radius 3 is 2.83 bits per heavy atom. The molecule has 1 saturated carbocycles. The number of fused-ring (bicyclic) bond motifs is 1. The lowest BCUT2D eigenvalue weighted by molar-refractivity contribution is -0.115. The maximum absolute atomic E-state index is 12.4. The minimum atomic E-state index is -0.265. The summed E-state index contributed by atoms with van der Waals surface area (Å²) in [7, 11) is 0. The predicted octanol–water partition coefficient (Wildman–Crippen LogP) is 3.95. The average Bonchev–Trinajstić information content (AvgIpc) is 3.34. The van der Waals surface area contributed by atoms with Gasteiger partial charge < -0.3 is 5.32 Å². The maximum atomic E-state index is 12.4. The van der Waals surface area contributed by atoms with Crippen molar-refractivity contribution < 1.29 is 4.79 Å². The summed E-state index contributed by atoms with van der Waals surface area (Å²) in [4.78, 5) is 16.9. The summed E-state index contributed by atoms with van der Waals surface area (Å²) in [5.74, 6) is 1.43. The van der Waals surface area contributed by atoms with Crippen molar-refractivity contribution in [2.45, 2.75) is 36.1 Å². The molecule has 1 unspecified atom stereocenters. The van der Waals surface area contributed by atoms with E-state index in [9.17, 15) is 4.79 Å². The smallest absolute Gasteiger partial charge is 0.237 e. The Bertz CT molecular complexity index is 887. The van der Waals surface area contributed by atoms with E-state index in [0.29, 0.717) is 11.1 Å². The van der Waals surface area contributed by atoms with Gasteiger partial charge in [0.25, 0.3) is 0 Å². The van der Waals surface area contributed by atoms with Gasteiger partial charge in [0.05, 0.1) is 5.25 Å². The predicted molar refractivity (Wildman–Crippen MR) is 96.3 cm³/mol. The van der Waals surface area contributed by atoms with Crippen molar-refractivity contribution in [2.24, 2.45) is 0 Å². The highest BCUT2D eigenvalue weighted by molar-refractivity contribution is 8.00. The van der Waals surface area contributed by atoms with Gasteiger partial charge in [-0.1, -0.05) is 42.1 Å². The van der Waals surface area contributed by atoms with Crippen molar-refractivity contribution in [1.29, 1.82) is 0 Å². The molecule has 4 rings (SSSR count). The third kappa shape index (κ3) is 3.28. The van der Waals surface area contributed by atoms with Crippen LogP contribution in [0, 0.1) is 0 Å². The molecule has 0 saturated heterocycles. The van der Waals surface area contributed by atoms with E-state index in [2.05, 4.69) is 26.6 Å². The second-order valence-electron chi connectivity index (χ2n) is 6.09. The summed E-state index contributed by atoms with van der Waals surface area (Å²) in [6, 6.07) is 14.0. The summed E-state index contributed by atoms with van der Waals surface area (Å²) in [6.45, 7) is 1.87. The monoisotopic (exact) mass is 338 g/mol. The summed E-state index contributed by atoms with van der Waals surface area (Å²) in [5, 5.41) is 12.8. The van der Waals surface area contributed by atoms with Gasteiger partial charge in [-0.2, -0.15) is 0 Å². The molecule has 1 atom stereocenters. The molecule has 1 amide bonds. The van der Waals surface area contributed by atoms with E-state index in [0.717, 1.165) is 22.3 Å². The van der Waals surface area contributed by atoms with Crippen LogP contribution in [-0.2, 0) is 4.79 Å². The number of benzene rings is 2. The number of rotatable bonds is 5. The van der Waals surface area contributed by atoms with Gasteiger partial charge in [0.15, 0.2) is 0 Å². The largest absolute Gasteiger partial charge is 0.325 e. The van der Waals surface area contributed by atoms with E-state index in [4.69, 9.17) is 0 Å². The third-order valence-electron chi connectivity index (χ3n) is 4.11. The minimum Gasteiger partial charge on any atom is -0.325 e. The van der Waals surface area contributed by atoms with Gasteiger partial charge in [0, 0.05) is 11.6 Å². The molecule has 1 aliphatic carbocycles. The van der Waals surface area contributed by atoms with Gasteiger partial charge in [-0.3, -0.25) is 9.89 Å². The Kier molecular flexibility index (Phi) is 3.98. The number of aromatic nitrogens is 3. The van der Waals surface area contributed by atoms with Crippen LogP contribution in [0.25, 0.3) is 10.8 Å². The number of amides is 1. The molecular weight excluding hydrogens is 320 g/mol. The van der Waals surface area contributed by atoms with Crippen LogP contribution in [0.3, 0.4) is 0 Å². The Labute approximate surface area is 144 Å². The summed E-state index contributed by atoms with van der Waals surface area (Å²) < 4.78 is 0. The second kappa shape index (κ2) is 6.28. The Morgan fingerprint density at radius 2 is 2.04 bits per heavy atom. The van der Waals surface area contributed by atoms with Crippen LogP contribution in [-0.4, -0.2) is 26.3 Å². The van der Waals surface area contributed by atoms with Gasteiger partial charge in [-0.25, -0.2) is 4.98 Å². The Hall–Kier alpha value is -2.34. The minimum absolute atomic E-state index is 0.0481. The van der Waals surface area contributed by atoms with Crippen LogP contribution in [0.2, 0.25) is 0 Å². The van der Waals surface area contributed by atoms with Crippen molar-refractivity contribution in [2.75, 3.05) is 5.32 Å². The molecule has 6 heteroatoms. The van der Waals surface area contributed by atoms with Crippen LogP contribution in [0.15, 0.2) is 47.6 Å². The van der Waals surface area contributed by atoms with Crippen LogP contribution in [0.1, 0.15) is 31.5 Å². The lowest BCUT2D eigenvalue weighted by Gasteiger charge is -2.10. The molecule has 5 nitrogen and oxygen atoms in total. The SMILES string of the molecule is CC(Sc1n[nH]c(C2CC2)n1)C(=O)Nc1ccc2ccccc2c1. The molecule has 3 aromatic rings. The quantitative estimate of drug-likeness (QED) is 0.691. The normalized spacial score (nSPS) is 15.4. The fourth-order valence-electron chi connectivity index (χ4n) is 2.57. The number of thioether (sulfide) groups is 1. The first-order valence-electron chi connectivity index (χ1n) is 8.07. The highest BCUT2D eigenvalue weighted by atomic mass is 32.2. The van der Waals surface area contributed by atoms with Crippen LogP contribution >= 0.6 is 11.8 Å². The molecular formula is C18H18N4OS. The zero-order chi connectivity index (χ0) is 16.5. The zero-order valence-electron chi connectivity index (χ0n) is 13.3. The topological polar surface area (TPSA) is 70.7 Å². The molecule has 1 aromatic heterocycles. The fourth-order valence-corrected chi connectivity index (χ4v) is 3.30. The van der Waals surface area contributed by atoms with Gasteiger partial charge in [-0.05, 0) is 42.7 Å². The zero-order valence-corrected chi connectivity index (χ0v) is 14.1. The second-order valence-corrected chi connectivity index (χ2v) is 7.40. The summed E-state index contributed by atoms with van der Waals surface area (Å²) in [5.41, 5.74) is 0.805. The van der Waals surface area contributed by atoms with E-state index >= 15 is 0 Å². The van der Waals surface area contributed by atoms with E-state index in [1.54, 1.807) is 0 Å². The van der Waals surface area contributed by atoms with Crippen molar-refractivity contribution in [3.63, 3.8) is 0 Å².